The van der Waals surface area contributed by atoms with E-state index in [4.69, 9.17) is 0 Å². The lowest BCUT2D eigenvalue weighted by Gasteiger charge is -2.30. The minimum atomic E-state index is 0.682. The van der Waals surface area contributed by atoms with Crippen LogP contribution in [0.5, 0.6) is 0 Å². The fourth-order valence-electron chi connectivity index (χ4n) is 2.56. The number of nitrogens with one attached hydrogen (secondary N) is 1. The third kappa shape index (κ3) is 4.08. The van der Waals surface area contributed by atoms with E-state index >= 15 is 0 Å². The van der Waals surface area contributed by atoms with Crippen LogP contribution in [0.3, 0.4) is 0 Å². The van der Waals surface area contributed by atoms with Gasteiger partial charge in [0.1, 0.15) is 0 Å². The number of hydrogen-bond acceptors (Lipinski definition) is 2. The van der Waals surface area contributed by atoms with Gasteiger partial charge in [-0.1, -0.05) is 47.5 Å². The van der Waals surface area contributed by atoms with E-state index in [1.54, 1.807) is 0 Å². The molecule has 1 unspecified atom stereocenters. The first-order chi connectivity index (χ1) is 8.79. The van der Waals surface area contributed by atoms with Gasteiger partial charge in [-0.25, -0.2) is 0 Å². The molecule has 1 saturated heterocycles. The van der Waals surface area contributed by atoms with Crippen LogP contribution in [0.1, 0.15) is 31.7 Å². The van der Waals surface area contributed by atoms with Gasteiger partial charge >= 0.3 is 0 Å². The van der Waals surface area contributed by atoms with Gasteiger partial charge in [-0.05, 0) is 37.6 Å². The molecule has 0 spiro atoms. The summed E-state index contributed by atoms with van der Waals surface area (Å²) < 4.78 is 1.22. The van der Waals surface area contributed by atoms with Crippen LogP contribution < -0.4 is 5.32 Å². The molecule has 3 heteroatoms. The lowest BCUT2D eigenvalue weighted by molar-refractivity contribution is 0.226. The molecule has 1 aliphatic heterocycles. The highest BCUT2D eigenvalue weighted by molar-refractivity contribution is 9.10. The van der Waals surface area contributed by atoms with Crippen molar-refractivity contribution in [2.45, 2.75) is 38.8 Å². The summed E-state index contributed by atoms with van der Waals surface area (Å²) in [6, 6.07) is 9.21. The van der Waals surface area contributed by atoms with Gasteiger partial charge < -0.3 is 5.32 Å². The summed E-state index contributed by atoms with van der Waals surface area (Å²) in [6.45, 7) is 6.75. The molecule has 2 rings (SSSR count). The van der Waals surface area contributed by atoms with Crippen molar-refractivity contribution in [1.82, 2.24) is 10.2 Å². The summed E-state index contributed by atoms with van der Waals surface area (Å²) in [5.41, 5.74) is 1.38. The Morgan fingerprint density at radius 1 is 1.33 bits per heavy atom. The molecule has 0 aliphatic carbocycles. The summed E-state index contributed by atoms with van der Waals surface area (Å²) in [4.78, 5) is 2.53. The number of likely N-dealkylation sites (N-methyl/N-ethyl adjacent to an activating group) is 1. The lowest BCUT2D eigenvalue weighted by Crippen LogP contribution is -2.43. The molecule has 0 saturated carbocycles. The Kier molecular flexibility index (Phi) is 5.67. The van der Waals surface area contributed by atoms with E-state index in [1.165, 1.54) is 35.8 Å². The largest absolute Gasteiger partial charge is 0.313 e. The predicted molar refractivity (Wildman–Crippen MR) is 80.7 cm³/mol. The third-order valence-corrected chi connectivity index (χ3v) is 4.46. The molecule has 1 aliphatic rings. The van der Waals surface area contributed by atoms with Crippen LogP contribution in [-0.2, 0) is 6.54 Å². The van der Waals surface area contributed by atoms with Crippen molar-refractivity contribution in [1.29, 1.82) is 0 Å². The van der Waals surface area contributed by atoms with E-state index in [9.17, 15) is 0 Å². The first-order valence-electron chi connectivity index (χ1n) is 6.98. The molecule has 18 heavy (non-hydrogen) atoms. The Balaban J connectivity index is 1.90. The Labute approximate surface area is 119 Å². The summed E-state index contributed by atoms with van der Waals surface area (Å²) >= 11 is 3.64. The molecule has 1 fully saturated rings. The average molecular weight is 311 g/mol. The molecule has 0 radical (unpaired) electrons. The highest BCUT2D eigenvalue weighted by Crippen LogP contribution is 2.18. The van der Waals surface area contributed by atoms with Gasteiger partial charge in [0, 0.05) is 23.6 Å². The zero-order valence-corrected chi connectivity index (χ0v) is 12.7. The second-order valence-electron chi connectivity index (χ2n) is 5.07. The van der Waals surface area contributed by atoms with E-state index in [1.807, 2.05) is 0 Å². The maximum Gasteiger partial charge on any atom is 0.0245 e. The first-order valence-corrected chi connectivity index (χ1v) is 7.78. The third-order valence-electron chi connectivity index (χ3n) is 3.69. The van der Waals surface area contributed by atoms with Gasteiger partial charge in [0.2, 0.25) is 0 Å². The number of piperidine rings is 1. The average Bonchev–Trinajstić information content (AvgIpc) is 2.41. The molecular formula is C15H23BrN2. The summed E-state index contributed by atoms with van der Waals surface area (Å²) in [6.07, 6.45) is 4.05. The van der Waals surface area contributed by atoms with Crippen molar-refractivity contribution < 1.29 is 0 Å². The van der Waals surface area contributed by atoms with Gasteiger partial charge in [0.05, 0.1) is 0 Å². The number of hydrogen-bond donors (Lipinski definition) is 1. The fraction of sp³-hybridized carbons (Fsp3) is 0.600. The van der Waals surface area contributed by atoms with Crippen LogP contribution in [0.2, 0.25) is 0 Å². The SMILES string of the molecule is CCN(Cc1ccccc1Br)CC1CCCCN1. The zero-order valence-electron chi connectivity index (χ0n) is 11.2. The second-order valence-corrected chi connectivity index (χ2v) is 5.92. The van der Waals surface area contributed by atoms with Crippen LogP contribution in [0.15, 0.2) is 28.7 Å². The maximum atomic E-state index is 3.64. The first kappa shape index (κ1) is 14.0. The van der Waals surface area contributed by atoms with Crippen molar-refractivity contribution >= 4 is 15.9 Å². The number of benzene rings is 1. The maximum absolute atomic E-state index is 3.64. The summed E-state index contributed by atoms with van der Waals surface area (Å²) in [5.74, 6) is 0. The van der Waals surface area contributed by atoms with E-state index in [0.717, 1.165) is 19.6 Å². The molecule has 0 aromatic heterocycles. The van der Waals surface area contributed by atoms with Crippen molar-refractivity contribution in [3.05, 3.63) is 34.3 Å². The second kappa shape index (κ2) is 7.27. The standard InChI is InChI=1S/C15H23BrN2/c1-2-18(12-14-8-5-6-10-17-14)11-13-7-3-4-9-15(13)16/h3-4,7,9,14,17H,2,5-6,8,10-12H2,1H3. The minimum absolute atomic E-state index is 0.682. The van der Waals surface area contributed by atoms with Crippen LogP contribution in [0, 0.1) is 0 Å². The van der Waals surface area contributed by atoms with Gasteiger partial charge in [-0.2, -0.15) is 0 Å². The number of halogens is 1. The topological polar surface area (TPSA) is 15.3 Å². The van der Waals surface area contributed by atoms with Gasteiger partial charge in [-0.3, -0.25) is 4.90 Å². The molecule has 0 bridgehead atoms. The van der Waals surface area contributed by atoms with Crippen LogP contribution in [0.4, 0.5) is 0 Å². The molecule has 1 N–H and O–H groups in total. The van der Waals surface area contributed by atoms with E-state index in [-0.39, 0.29) is 0 Å². The zero-order chi connectivity index (χ0) is 12.8. The highest BCUT2D eigenvalue weighted by Gasteiger charge is 2.16. The fourth-order valence-corrected chi connectivity index (χ4v) is 2.97. The van der Waals surface area contributed by atoms with Crippen molar-refractivity contribution in [2.75, 3.05) is 19.6 Å². The Hall–Kier alpha value is -0.380. The van der Waals surface area contributed by atoms with Gasteiger partial charge in [-0.15, -0.1) is 0 Å². The normalized spacial score (nSPS) is 20.3. The Morgan fingerprint density at radius 3 is 2.83 bits per heavy atom. The molecule has 1 heterocycles. The van der Waals surface area contributed by atoms with Crippen molar-refractivity contribution in [3.63, 3.8) is 0 Å². The molecular weight excluding hydrogens is 288 g/mol. The van der Waals surface area contributed by atoms with Crippen LogP contribution in [0.25, 0.3) is 0 Å². The molecule has 100 valence electrons. The molecule has 2 nitrogen and oxygen atoms in total. The summed E-state index contributed by atoms with van der Waals surface area (Å²) in [5, 5.41) is 3.63. The van der Waals surface area contributed by atoms with Crippen LogP contribution >= 0.6 is 15.9 Å². The smallest absolute Gasteiger partial charge is 0.0245 e. The molecule has 1 atom stereocenters. The highest BCUT2D eigenvalue weighted by atomic mass is 79.9. The number of rotatable bonds is 5. The number of nitrogens with zero attached hydrogens (tertiary/aromatic N) is 1. The quantitative estimate of drug-likeness (QED) is 0.896. The van der Waals surface area contributed by atoms with Crippen molar-refractivity contribution in [3.8, 4) is 0 Å². The monoisotopic (exact) mass is 310 g/mol. The van der Waals surface area contributed by atoms with Crippen molar-refractivity contribution in [2.24, 2.45) is 0 Å². The van der Waals surface area contributed by atoms with E-state index < -0.39 is 0 Å². The molecule has 0 amide bonds. The lowest BCUT2D eigenvalue weighted by atomic mass is 10.0. The van der Waals surface area contributed by atoms with Crippen LogP contribution in [-0.4, -0.2) is 30.6 Å². The predicted octanol–water partition coefficient (Wildman–Crippen LogP) is 3.41. The molecule has 1 aromatic carbocycles. The Bertz CT molecular complexity index is 361. The summed E-state index contributed by atoms with van der Waals surface area (Å²) in [7, 11) is 0. The van der Waals surface area contributed by atoms with Gasteiger partial charge in [0.15, 0.2) is 0 Å². The minimum Gasteiger partial charge on any atom is -0.313 e. The van der Waals surface area contributed by atoms with Gasteiger partial charge in [0.25, 0.3) is 0 Å². The van der Waals surface area contributed by atoms with E-state index in [0.29, 0.717) is 6.04 Å². The Morgan fingerprint density at radius 2 is 2.17 bits per heavy atom. The molecule has 1 aromatic rings. The van der Waals surface area contributed by atoms with E-state index in [2.05, 4.69) is 57.3 Å².